The lowest BCUT2D eigenvalue weighted by atomic mass is 9.73. The van der Waals surface area contributed by atoms with Crippen LogP contribution in [0.25, 0.3) is 0 Å². The minimum atomic E-state index is -0.807. The number of nitrogens with zero attached hydrogens (tertiary/aromatic N) is 4. The molecule has 1 aromatic rings. The molecule has 1 spiro atoms. The Kier molecular flexibility index (Phi) is 5.54. The molecule has 1 aromatic heterocycles. The van der Waals surface area contributed by atoms with Gasteiger partial charge in [-0.1, -0.05) is 19.8 Å². The zero-order valence-electron chi connectivity index (χ0n) is 17.0. The van der Waals surface area contributed by atoms with Gasteiger partial charge in [0.25, 0.3) is 5.91 Å². The highest BCUT2D eigenvalue weighted by Gasteiger charge is 2.55. The summed E-state index contributed by atoms with van der Waals surface area (Å²) in [6.07, 6.45) is 7.16. The van der Waals surface area contributed by atoms with Gasteiger partial charge < -0.3 is 10.2 Å². The summed E-state index contributed by atoms with van der Waals surface area (Å²) in [5.41, 5.74) is 0.393. The van der Waals surface area contributed by atoms with E-state index in [0.29, 0.717) is 19.5 Å². The van der Waals surface area contributed by atoms with Gasteiger partial charge in [-0.2, -0.15) is 0 Å². The summed E-state index contributed by atoms with van der Waals surface area (Å²) in [4.78, 5) is 47.5. The molecule has 8 heteroatoms. The number of carbonyl (C=O) groups is 3. The van der Waals surface area contributed by atoms with Gasteiger partial charge >= 0.3 is 6.03 Å². The Morgan fingerprint density at radius 1 is 1.17 bits per heavy atom. The average molecular weight is 399 g/mol. The van der Waals surface area contributed by atoms with Crippen molar-refractivity contribution in [2.75, 3.05) is 32.7 Å². The summed E-state index contributed by atoms with van der Waals surface area (Å²) in [6.45, 7) is 5.45. The molecule has 1 N–H and O–H groups in total. The number of hydrogen-bond donors (Lipinski definition) is 1. The third kappa shape index (κ3) is 3.85. The molecule has 1 saturated carbocycles. The molecule has 8 nitrogen and oxygen atoms in total. The Morgan fingerprint density at radius 3 is 2.59 bits per heavy atom. The number of piperazine rings is 1. The second-order valence-corrected chi connectivity index (χ2v) is 8.45. The number of amides is 4. The molecule has 1 aliphatic carbocycles. The number of pyridine rings is 1. The van der Waals surface area contributed by atoms with Crippen molar-refractivity contribution in [1.82, 2.24) is 25.0 Å². The smallest absolute Gasteiger partial charge is 0.325 e. The molecule has 4 rings (SSSR count). The SMILES string of the molecule is CC1CCCCC12NC(=O)N(CC(=O)N1CCN(Cc3ccncc3)CC1)C2=O. The zero-order valence-corrected chi connectivity index (χ0v) is 17.0. The van der Waals surface area contributed by atoms with E-state index in [9.17, 15) is 14.4 Å². The van der Waals surface area contributed by atoms with Crippen LogP contribution >= 0.6 is 0 Å². The fraction of sp³-hybridized carbons (Fsp3) is 0.619. The predicted octanol–water partition coefficient (Wildman–Crippen LogP) is 1.23. The second kappa shape index (κ2) is 8.10. The van der Waals surface area contributed by atoms with Crippen molar-refractivity contribution in [3.05, 3.63) is 30.1 Å². The largest absolute Gasteiger partial charge is 0.339 e. The van der Waals surface area contributed by atoms with Crippen LogP contribution in [0.15, 0.2) is 24.5 Å². The van der Waals surface area contributed by atoms with Crippen molar-refractivity contribution in [3.63, 3.8) is 0 Å². The molecule has 0 radical (unpaired) electrons. The lowest BCUT2D eigenvalue weighted by Gasteiger charge is -2.37. The molecule has 2 atom stereocenters. The van der Waals surface area contributed by atoms with E-state index in [1.807, 2.05) is 19.1 Å². The number of carbonyl (C=O) groups excluding carboxylic acids is 3. The minimum Gasteiger partial charge on any atom is -0.339 e. The topological polar surface area (TPSA) is 85.8 Å². The molecule has 4 amide bonds. The summed E-state index contributed by atoms with van der Waals surface area (Å²) in [5.74, 6) is -0.276. The molecule has 3 aliphatic rings. The number of hydrogen-bond acceptors (Lipinski definition) is 5. The van der Waals surface area contributed by atoms with Crippen molar-refractivity contribution >= 4 is 17.8 Å². The second-order valence-electron chi connectivity index (χ2n) is 8.45. The van der Waals surface area contributed by atoms with Crippen LogP contribution in [0.5, 0.6) is 0 Å². The molecule has 156 valence electrons. The van der Waals surface area contributed by atoms with Crippen LogP contribution in [0.3, 0.4) is 0 Å². The summed E-state index contributed by atoms with van der Waals surface area (Å²) in [5, 5.41) is 2.91. The van der Waals surface area contributed by atoms with Gasteiger partial charge in [0.05, 0.1) is 0 Å². The Hall–Kier alpha value is -2.48. The van der Waals surface area contributed by atoms with Crippen LogP contribution in [0.1, 0.15) is 38.2 Å². The molecule has 0 aromatic carbocycles. The van der Waals surface area contributed by atoms with Crippen LogP contribution in [0.2, 0.25) is 0 Å². The van der Waals surface area contributed by atoms with Gasteiger partial charge in [0.1, 0.15) is 12.1 Å². The lowest BCUT2D eigenvalue weighted by Crippen LogP contribution is -2.54. The maximum Gasteiger partial charge on any atom is 0.325 e. The lowest BCUT2D eigenvalue weighted by molar-refractivity contribution is -0.141. The first-order valence-corrected chi connectivity index (χ1v) is 10.5. The molecule has 3 heterocycles. The van der Waals surface area contributed by atoms with Crippen molar-refractivity contribution < 1.29 is 14.4 Å². The zero-order chi connectivity index (χ0) is 20.4. The van der Waals surface area contributed by atoms with Gasteiger partial charge in [0.15, 0.2) is 0 Å². The van der Waals surface area contributed by atoms with E-state index in [4.69, 9.17) is 0 Å². The normalized spacial score (nSPS) is 28.1. The number of aromatic nitrogens is 1. The first kappa shape index (κ1) is 19.8. The maximum atomic E-state index is 13.0. The first-order valence-electron chi connectivity index (χ1n) is 10.5. The Balaban J connectivity index is 1.32. The molecule has 2 aliphatic heterocycles. The number of imide groups is 1. The van der Waals surface area contributed by atoms with Crippen molar-refractivity contribution in [3.8, 4) is 0 Å². The Labute approximate surface area is 171 Å². The highest BCUT2D eigenvalue weighted by molar-refractivity contribution is 6.09. The summed E-state index contributed by atoms with van der Waals surface area (Å²) in [7, 11) is 0. The van der Waals surface area contributed by atoms with Crippen LogP contribution in [-0.2, 0) is 16.1 Å². The molecular weight excluding hydrogens is 370 g/mol. The fourth-order valence-electron chi connectivity index (χ4n) is 4.78. The van der Waals surface area contributed by atoms with Gasteiger partial charge in [-0.05, 0) is 36.5 Å². The Bertz CT molecular complexity index is 778. The molecule has 29 heavy (non-hydrogen) atoms. The monoisotopic (exact) mass is 399 g/mol. The molecule has 0 bridgehead atoms. The molecule has 2 saturated heterocycles. The molecule has 2 unspecified atom stereocenters. The van der Waals surface area contributed by atoms with Crippen LogP contribution in [0.4, 0.5) is 4.79 Å². The van der Waals surface area contributed by atoms with Gasteiger partial charge in [-0.25, -0.2) is 4.79 Å². The van der Waals surface area contributed by atoms with E-state index in [0.717, 1.165) is 43.8 Å². The highest BCUT2D eigenvalue weighted by Crippen LogP contribution is 2.38. The van der Waals surface area contributed by atoms with Crippen molar-refractivity contribution in [2.24, 2.45) is 5.92 Å². The van der Waals surface area contributed by atoms with Gasteiger partial charge in [0, 0.05) is 45.1 Å². The van der Waals surface area contributed by atoms with Crippen LogP contribution in [-0.4, -0.2) is 75.8 Å². The average Bonchev–Trinajstić information content (AvgIpc) is 2.96. The minimum absolute atomic E-state index is 0.101. The van der Waals surface area contributed by atoms with E-state index in [-0.39, 0.29) is 24.3 Å². The fourth-order valence-corrected chi connectivity index (χ4v) is 4.78. The summed E-state index contributed by atoms with van der Waals surface area (Å²) < 4.78 is 0. The van der Waals surface area contributed by atoms with Gasteiger partial charge in [-0.15, -0.1) is 0 Å². The predicted molar refractivity (Wildman–Crippen MR) is 107 cm³/mol. The highest BCUT2D eigenvalue weighted by atomic mass is 16.2. The third-order valence-corrected chi connectivity index (χ3v) is 6.68. The van der Waals surface area contributed by atoms with E-state index < -0.39 is 11.6 Å². The van der Waals surface area contributed by atoms with Gasteiger partial charge in [-0.3, -0.25) is 24.4 Å². The standard InChI is InChI=1S/C21H29N5O3/c1-16-4-2-3-7-21(16)19(28)26(20(29)23-21)15-18(27)25-12-10-24(11-13-25)14-17-5-8-22-9-6-17/h5-6,8-9,16H,2-4,7,10-15H2,1H3,(H,23,29). The molecular formula is C21H29N5O3. The first-order chi connectivity index (χ1) is 14.0. The third-order valence-electron chi connectivity index (χ3n) is 6.68. The van der Waals surface area contributed by atoms with Crippen molar-refractivity contribution in [1.29, 1.82) is 0 Å². The van der Waals surface area contributed by atoms with Crippen LogP contribution in [0, 0.1) is 5.92 Å². The number of nitrogens with one attached hydrogen (secondary N) is 1. The molecule has 3 fully saturated rings. The number of rotatable bonds is 4. The van der Waals surface area contributed by atoms with Crippen LogP contribution < -0.4 is 5.32 Å². The van der Waals surface area contributed by atoms with Crippen molar-refractivity contribution in [2.45, 2.75) is 44.7 Å². The van der Waals surface area contributed by atoms with E-state index >= 15 is 0 Å². The Morgan fingerprint density at radius 2 is 1.90 bits per heavy atom. The summed E-state index contributed by atoms with van der Waals surface area (Å²) in [6, 6.07) is 3.57. The van der Waals surface area contributed by atoms with E-state index in [1.165, 1.54) is 5.56 Å². The summed E-state index contributed by atoms with van der Waals surface area (Å²) >= 11 is 0. The van der Waals surface area contributed by atoms with E-state index in [2.05, 4.69) is 15.2 Å². The van der Waals surface area contributed by atoms with E-state index in [1.54, 1.807) is 17.3 Å². The van der Waals surface area contributed by atoms with Gasteiger partial charge in [0.2, 0.25) is 5.91 Å². The maximum absolute atomic E-state index is 13.0. The number of urea groups is 1. The quantitative estimate of drug-likeness (QED) is 0.770.